The van der Waals surface area contributed by atoms with Gasteiger partial charge in [0.05, 0.1) is 11.7 Å². The lowest BCUT2D eigenvalue weighted by atomic mass is 10.1. The highest BCUT2D eigenvalue weighted by Gasteiger charge is 2.48. The molecule has 0 saturated heterocycles. The number of hydrogen-bond donors (Lipinski definition) is 0. The predicted molar refractivity (Wildman–Crippen MR) is 191 cm³/mol. The maximum absolute atomic E-state index is 17.1. The molecular formula is C38H49F6N3O8. The number of benzene rings is 2. The fourth-order valence-corrected chi connectivity index (χ4v) is 5.56. The smallest absolute Gasteiger partial charge is 0.471 e. The second-order valence-corrected chi connectivity index (χ2v) is 16.0. The van der Waals surface area contributed by atoms with Gasteiger partial charge in [0, 0.05) is 37.6 Å². The topological polar surface area (TPSA) is 115 Å². The number of anilines is 2. The number of ether oxygens (including phenoxy) is 4. The average molecular weight is 790 g/mol. The fourth-order valence-electron chi connectivity index (χ4n) is 5.56. The minimum atomic E-state index is -5.60. The monoisotopic (exact) mass is 789 g/mol. The summed E-state index contributed by atoms with van der Waals surface area (Å²) in [5.41, 5.74) is -4.47. The van der Waals surface area contributed by atoms with E-state index in [1.165, 1.54) is 20.8 Å². The standard InChI is InChI=1S/C38H49F6N3O8/c1-35(2,3)53-29(48)21-46(32(49)38(42,43)44)31-27(52-22-23-14-11-10-12-15-23)19-26-25(30(31)41)18-24(47(26)34(51)55-37(7,8)9)20-45(17-13-16-28(39)40)33(50)54-36(4,5)6/h10-12,14-15,19,24,28H,13,16-18,20-22H2,1-9H3/t24-/m1/s1. The van der Waals surface area contributed by atoms with Crippen LogP contribution in [0.4, 0.5) is 47.3 Å². The minimum absolute atomic E-state index is 0.119. The van der Waals surface area contributed by atoms with E-state index in [-0.39, 0.29) is 35.7 Å². The van der Waals surface area contributed by atoms with Gasteiger partial charge >= 0.3 is 30.2 Å². The maximum atomic E-state index is 17.1. The zero-order valence-corrected chi connectivity index (χ0v) is 32.4. The summed E-state index contributed by atoms with van der Waals surface area (Å²) >= 11 is 0. The number of nitrogens with zero attached hydrogens (tertiary/aromatic N) is 3. The Morgan fingerprint density at radius 2 is 1.45 bits per heavy atom. The quantitative estimate of drug-likeness (QED) is 0.119. The molecule has 11 nitrogen and oxygen atoms in total. The Bertz CT molecular complexity index is 1680. The molecule has 3 amide bonds. The lowest BCUT2D eigenvalue weighted by molar-refractivity contribution is -0.171. The van der Waals surface area contributed by atoms with Crippen LogP contribution in [-0.4, -0.2) is 84.0 Å². The van der Waals surface area contributed by atoms with Gasteiger partial charge in [0.15, 0.2) is 5.82 Å². The van der Waals surface area contributed by atoms with Gasteiger partial charge < -0.3 is 23.8 Å². The molecule has 0 N–H and O–H groups in total. The van der Waals surface area contributed by atoms with E-state index in [0.29, 0.717) is 5.56 Å². The Labute approximate surface area is 316 Å². The van der Waals surface area contributed by atoms with Crippen LogP contribution in [0.1, 0.15) is 86.3 Å². The first-order chi connectivity index (χ1) is 25.2. The molecule has 0 unspecified atom stereocenters. The first kappa shape index (κ1) is 44.7. The molecule has 1 heterocycles. The van der Waals surface area contributed by atoms with Crippen LogP contribution >= 0.6 is 0 Å². The molecule has 3 rings (SSSR count). The summed E-state index contributed by atoms with van der Waals surface area (Å²) in [7, 11) is 0. The lowest BCUT2D eigenvalue weighted by Gasteiger charge is -2.33. The van der Waals surface area contributed by atoms with Gasteiger partial charge in [-0.05, 0) is 74.3 Å². The van der Waals surface area contributed by atoms with Crippen LogP contribution in [-0.2, 0) is 36.8 Å². The Kier molecular flexibility index (Phi) is 14.1. The summed E-state index contributed by atoms with van der Waals surface area (Å²) in [4.78, 5) is 55.1. The molecule has 17 heteroatoms. The Morgan fingerprint density at radius 3 is 1.98 bits per heavy atom. The molecule has 1 atom stereocenters. The highest BCUT2D eigenvalue weighted by molar-refractivity contribution is 6.03. The first-order valence-electron chi connectivity index (χ1n) is 17.6. The molecule has 1 aliphatic heterocycles. The number of esters is 1. The van der Waals surface area contributed by atoms with E-state index in [9.17, 15) is 41.1 Å². The molecule has 2 aromatic carbocycles. The Hall–Kier alpha value is -4.70. The van der Waals surface area contributed by atoms with Crippen molar-refractivity contribution in [3.63, 3.8) is 0 Å². The van der Waals surface area contributed by atoms with Crippen molar-refractivity contribution in [2.24, 2.45) is 0 Å². The molecule has 0 aliphatic carbocycles. The number of alkyl halides is 5. The van der Waals surface area contributed by atoms with E-state index in [2.05, 4.69) is 0 Å². The summed E-state index contributed by atoms with van der Waals surface area (Å²) in [6.45, 7) is 11.4. The zero-order valence-electron chi connectivity index (χ0n) is 32.4. The minimum Gasteiger partial charge on any atom is -0.487 e. The van der Waals surface area contributed by atoms with E-state index < -0.39 is 103 Å². The summed E-state index contributed by atoms with van der Waals surface area (Å²) in [6.07, 6.45) is -11.4. The summed E-state index contributed by atoms with van der Waals surface area (Å²) in [6, 6.07) is 8.10. The van der Waals surface area contributed by atoms with Crippen LogP contribution in [0.3, 0.4) is 0 Å². The summed E-state index contributed by atoms with van der Waals surface area (Å²) in [5.74, 6) is -5.96. The van der Waals surface area contributed by atoms with Crippen molar-refractivity contribution in [2.45, 2.75) is 124 Å². The van der Waals surface area contributed by atoms with E-state index in [4.69, 9.17) is 18.9 Å². The van der Waals surface area contributed by atoms with E-state index in [1.807, 2.05) is 0 Å². The number of rotatable bonds is 12. The second kappa shape index (κ2) is 17.4. The van der Waals surface area contributed by atoms with Crippen LogP contribution < -0.4 is 14.5 Å². The maximum Gasteiger partial charge on any atom is 0.471 e. The van der Waals surface area contributed by atoms with Crippen LogP contribution in [0.5, 0.6) is 5.75 Å². The van der Waals surface area contributed by atoms with Gasteiger partial charge in [0.25, 0.3) is 0 Å². The van der Waals surface area contributed by atoms with Gasteiger partial charge in [-0.2, -0.15) is 13.2 Å². The van der Waals surface area contributed by atoms with Crippen LogP contribution in [0.2, 0.25) is 0 Å². The third-order valence-corrected chi connectivity index (χ3v) is 7.57. The SMILES string of the molecule is CC(C)(C)OC(=O)CN(C(=O)C(F)(F)F)c1c(OCc2ccccc2)cc2c(c1F)C[C@H](CN(CCCC(F)F)C(=O)OC(C)(C)C)N2C(=O)OC(C)(C)C. The molecule has 0 saturated carbocycles. The van der Waals surface area contributed by atoms with Crippen LogP contribution in [0.25, 0.3) is 0 Å². The van der Waals surface area contributed by atoms with Crippen molar-refractivity contribution in [3.05, 3.63) is 53.3 Å². The van der Waals surface area contributed by atoms with Crippen molar-refractivity contribution in [1.29, 1.82) is 0 Å². The van der Waals surface area contributed by atoms with Crippen LogP contribution in [0.15, 0.2) is 36.4 Å². The van der Waals surface area contributed by atoms with E-state index in [0.717, 1.165) is 15.9 Å². The van der Waals surface area contributed by atoms with E-state index >= 15 is 4.39 Å². The van der Waals surface area contributed by atoms with Crippen molar-refractivity contribution in [3.8, 4) is 5.75 Å². The van der Waals surface area contributed by atoms with Gasteiger partial charge in [-0.1, -0.05) is 30.3 Å². The Balaban J connectivity index is 2.28. The normalized spacial score (nSPS) is 14.7. The molecule has 0 bridgehead atoms. The number of amides is 3. The molecule has 306 valence electrons. The summed E-state index contributed by atoms with van der Waals surface area (Å²) < 4.78 is 108. The van der Waals surface area contributed by atoms with Gasteiger partial charge in [-0.15, -0.1) is 0 Å². The average Bonchev–Trinajstić information content (AvgIpc) is 3.38. The fraction of sp³-hybridized carbons (Fsp3) is 0.579. The van der Waals surface area contributed by atoms with Crippen LogP contribution in [0, 0.1) is 5.82 Å². The molecule has 55 heavy (non-hydrogen) atoms. The molecule has 0 spiro atoms. The number of halogens is 6. The summed E-state index contributed by atoms with van der Waals surface area (Å²) in [5, 5.41) is 0. The van der Waals surface area contributed by atoms with Gasteiger partial charge in [-0.3, -0.25) is 19.4 Å². The van der Waals surface area contributed by atoms with Crippen molar-refractivity contribution >= 4 is 35.4 Å². The molecule has 1 aliphatic rings. The van der Waals surface area contributed by atoms with E-state index in [1.54, 1.807) is 71.9 Å². The van der Waals surface area contributed by atoms with Crippen molar-refractivity contribution in [2.75, 3.05) is 29.4 Å². The highest BCUT2D eigenvalue weighted by Crippen LogP contribution is 2.46. The third-order valence-electron chi connectivity index (χ3n) is 7.57. The number of carbonyl (C=O) groups is 4. The number of fused-ring (bicyclic) bond motifs is 1. The van der Waals surface area contributed by atoms with Crippen molar-refractivity contribution < 1.29 is 64.5 Å². The third kappa shape index (κ3) is 13.2. The predicted octanol–water partition coefficient (Wildman–Crippen LogP) is 8.59. The molecule has 0 fully saturated rings. The van der Waals surface area contributed by atoms with Gasteiger partial charge in [0.1, 0.15) is 41.4 Å². The first-order valence-corrected chi connectivity index (χ1v) is 17.6. The molecular weight excluding hydrogens is 740 g/mol. The van der Waals surface area contributed by atoms with Crippen molar-refractivity contribution in [1.82, 2.24) is 4.90 Å². The van der Waals surface area contributed by atoms with Gasteiger partial charge in [0.2, 0.25) is 6.43 Å². The number of carbonyl (C=O) groups excluding carboxylic acids is 4. The number of hydrogen-bond acceptors (Lipinski definition) is 8. The molecule has 0 aromatic heterocycles. The largest absolute Gasteiger partial charge is 0.487 e. The Morgan fingerprint density at radius 1 is 0.873 bits per heavy atom. The lowest BCUT2D eigenvalue weighted by Crippen LogP contribution is -2.49. The molecule has 0 radical (unpaired) electrons. The molecule has 2 aromatic rings. The van der Waals surface area contributed by atoms with Gasteiger partial charge in [-0.25, -0.2) is 22.8 Å². The second-order valence-electron chi connectivity index (χ2n) is 16.0. The zero-order chi connectivity index (χ0) is 41.7. The highest BCUT2D eigenvalue weighted by atomic mass is 19.4.